The van der Waals surface area contributed by atoms with E-state index in [1.165, 1.54) is 29.8 Å². The summed E-state index contributed by atoms with van der Waals surface area (Å²) in [5.41, 5.74) is 4.00. The monoisotopic (exact) mass is 264 g/mol. The lowest BCUT2D eigenvalue weighted by atomic mass is 10.00. The zero-order valence-electron chi connectivity index (χ0n) is 11.4. The fraction of sp³-hybridized carbons (Fsp3) is 0.600. The van der Waals surface area contributed by atoms with Crippen LogP contribution in [0.1, 0.15) is 45.1 Å². The molecule has 0 unspecified atom stereocenters. The molecule has 2 nitrogen and oxygen atoms in total. The predicted molar refractivity (Wildman–Crippen MR) is 79.0 cm³/mol. The third kappa shape index (κ3) is 2.07. The van der Waals surface area contributed by atoms with Gasteiger partial charge in [0.05, 0.1) is 11.4 Å². The van der Waals surface area contributed by atoms with Crippen molar-refractivity contribution >= 4 is 23.0 Å². The van der Waals surface area contributed by atoms with Crippen LogP contribution in [0.3, 0.4) is 0 Å². The number of nitrogens with one attached hydrogen (secondary N) is 1. The first-order valence-corrected chi connectivity index (χ1v) is 7.19. The van der Waals surface area contributed by atoms with Crippen molar-refractivity contribution in [1.29, 1.82) is 0 Å². The molecule has 3 rings (SSSR count). The molecule has 0 atom stereocenters. The molecule has 2 aliphatic rings. The van der Waals surface area contributed by atoms with Crippen LogP contribution in [-0.4, -0.2) is 18.6 Å². The summed E-state index contributed by atoms with van der Waals surface area (Å²) in [6.07, 6.45) is 2.59. The van der Waals surface area contributed by atoms with Gasteiger partial charge in [0.15, 0.2) is 0 Å². The Morgan fingerprint density at radius 1 is 1.28 bits per heavy atom. The number of fused-ring (bicyclic) bond motifs is 1. The molecule has 1 saturated carbocycles. The zero-order chi connectivity index (χ0) is 12.9. The first-order chi connectivity index (χ1) is 8.47. The first-order valence-electron chi connectivity index (χ1n) is 6.82. The molecule has 0 bridgehead atoms. The molecule has 1 aromatic carbocycles. The topological polar surface area (TPSA) is 15.3 Å². The van der Waals surface area contributed by atoms with E-state index in [-0.39, 0.29) is 5.54 Å². The van der Waals surface area contributed by atoms with Gasteiger partial charge in [0, 0.05) is 23.7 Å². The van der Waals surface area contributed by atoms with Crippen LogP contribution >= 0.6 is 11.6 Å². The van der Waals surface area contributed by atoms with Crippen molar-refractivity contribution in [2.45, 2.75) is 45.1 Å². The van der Waals surface area contributed by atoms with E-state index in [0.717, 1.165) is 18.1 Å². The molecule has 0 aromatic heterocycles. The van der Waals surface area contributed by atoms with E-state index in [0.29, 0.717) is 5.92 Å². The first kappa shape index (κ1) is 12.2. The molecule has 1 aromatic rings. The minimum Gasteiger partial charge on any atom is -0.382 e. The molecule has 1 N–H and O–H groups in total. The highest BCUT2D eigenvalue weighted by Gasteiger charge is 2.31. The number of nitrogens with zero attached hydrogens (tertiary/aromatic N) is 1. The smallest absolute Gasteiger partial charge is 0.0610 e. The highest BCUT2D eigenvalue weighted by molar-refractivity contribution is 6.32. The Balaban J connectivity index is 2.07. The number of halogens is 1. The standard InChI is InChI=1S/C15H21ClN2/c1-15(2,3)18-7-6-17-13-9-12(16)11(8-14(13)18)10-4-5-10/h8-10,17H,4-7H2,1-3H3. The number of hydrogen-bond acceptors (Lipinski definition) is 2. The third-order valence-electron chi connectivity index (χ3n) is 3.88. The molecule has 0 saturated heterocycles. The van der Waals surface area contributed by atoms with Gasteiger partial charge in [-0.2, -0.15) is 0 Å². The summed E-state index contributed by atoms with van der Waals surface area (Å²) < 4.78 is 0. The second-order valence-corrected chi connectivity index (χ2v) is 6.82. The van der Waals surface area contributed by atoms with Crippen molar-refractivity contribution in [3.63, 3.8) is 0 Å². The zero-order valence-corrected chi connectivity index (χ0v) is 12.1. The maximum Gasteiger partial charge on any atom is 0.0610 e. The van der Waals surface area contributed by atoms with Gasteiger partial charge in [-0.25, -0.2) is 0 Å². The van der Waals surface area contributed by atoms with Gasteiger partial charge < -0.3 is 10.2 Å². The van der Waals surface area contributed by atoms with Gasteiger partial charge in [-0.3, -0.25) is 0 Å². The minimum absolute atomic E-state index is 0.158. The molecule has 1 heterocycles. The van der Waals surface area contributed by atoms with E-state index in [1.807, 2.05) is 0 Å². The lowest BCUT2D eigenvalue weighted by Gasteiger charge is -2.42. The average Bonchev–Trinajstić information content (AvgIpc) is 3.09. The maximum atomic E-state index is 6.40. The van der Waals surface area contributed by atoms with Crippen molar-refractivity contribution in [2.24, 2.45) is 0 Å². The quantitative estimate of drug-likeness (QED) is 0.816. The van der Waals surface area contributed by atoms with E-state index < -0.39 is 0 Å². The van der Waals surface area contributed by atoms with E-state index in [9.17, 15) is 0 Å². The van der Waals surface area contributed by atoms with Crippen LogP contribution in [0.4, 0.5) is 11.4 Å². The highest BCUT2D eigenvalue weighted by Crippen LogP contribution is 2.47. The van der Waals surface area contributed by atoms with Gasteiger partial charge in [-0.15, -0.1) is 0 Å². The Labute approximate surface area is 114 Å². The summed E-state index contributed by atoms with van der Waals surface area (Å²) in [7, 11) is 0. The van der Waals surface area contributed by atoms with Crippen LogP contribution in [0.5, 0.6) is 0 Å². The van der Waals surface area contributed by atoms with Gasteiger partial charge >= 0.3 is 0 Å². The summed E-state index contributed by atoms with van der Waals surface area (Å²) >= 11 is 6.40. The van der Waals surface area contributed by atoms with Gasteiger partial charge in [0.1, 0.15) is 0 Å². The van der Waals surface area contributed by atoms with Crippen molar-refractivity contribution in [3.8, 4) is 0 Å². The maximum absolute atomic E-state index is 6.40. The van der Waals surface area contributed by atoms with E-state index in [1.54, 1.807) is 0 Å². The number of rotatable bonds is 1. The molecule has 3 heteroatoms. The van der Waals surface area contributed by atoms with Gasteiger partial charge in [-0.1, -0.05) is 11.6 Å². The summed E-state index contributed by atoms with van der Waals surface area (Å²) in [5, 5.41) is 4.40. The Bertz CT molecular complexity index is 472. The fourth-order valence-electron chi connectivity index (χ4n) is 2.77. The van der Waals surface area contributed by atoms with Crippen LogP contribution < -0.4 is 10.2 Å². The fourth-order valence-corrected chi connectivity index (χ4v) is 3.09. The number of anilines is 2. The van der Waals surface area contributed by atoms with Crippen LogP contribution in [0.2, 0.25) is 5.02 Å². The van der Waals surface area contributed by atoms with Gasteiger partial charge in [0.25, 0.3) is 0 Å². The van der Waals surface area contributed by atoms with Crippen molar-refractivity contribution in [1.82, 2.24) is 0 Å². The van der Waals surface area contributed by atoms with Crippen molar-refractivity contribution in [2.75, 3.05) is 23.3 Å². The van der Waals surface area contributed by atoms with Crippen LogP contribution in [0.25, 0.3) is 0 Å². The third-order valence-corrected chi connectivity index (χ3v) is 4.21. The molecule has 18 heavy (non-hydrogen) atoms. The second-order valence-electron chi connectivity index (χ2n) is 6.41. The Hall–Kier alpha value is -0.890. The number of hydrogen-bond donors (Lipinski definition) is 1. The molecule has 1 fully saturated rings. The second kappa shape index (κ2) is 4.06. The van der Waals surface area contributed by atoms with Crippen molar-refractivity contribution < 1.29 is 0 Å². The SMILES string of the molecule is CC(C)(C)N1CCNc2cc(Cl)c(C3CC3)cc21. The number of benzene rings is 1. The van der Waals surface area contributed by atoms with E-state index in [2.05, 4.69) is 43.1 Å². The summed E-state index contributed by atoms with van der Waals surface area (Å²) in [4.78, 5) is 2.49. The van der Waals surface area contributed by atoms with Crippen LogP contribution in [0, 0.1) is 0 Å². The predicted octanol–water partition coefficient (Wildman–Crippen LogP) is 4.25. The van der Waals surface area contributed by atoms with E-state index >= 15 is 0 Å². The molecule has 0 radical (unpaired) electrons. The molecular weight excluding hydrogens is 244 g/mol. The molecule has 98 valence electrons. The Morgan fingerprint density at radius 3 is 2.61 bits per heavy atom. The average molecular weight is 265 g/mol. The molecular formula is C15H21ClN2. The van der Waals surface area contributed by atoms with Crippen molar-refractivity contribution in [3.05, 3.63) is 22.7 Å². The summed E-state index contributed by atoms with van der Waals surface area (Å²) in [5.74, 6) is 0.701. The normalized spacial score (nSPS) is 19.4. The minimum atomic E-state index is 0.158. The van der Waals surface area contributed by atoms with Crippen LogP contribution in [0.15, 0.2) is 12.1 Å². The highest BCUT2D eigenvalue weighted by atomic mass is 35.5. The van der Waals surface area contributed by atoms with Gasteiger partial charge in [-0.05, 0) is 57.2 Å². The molecule has 0 amide bonds. The lowest BCUT2D eigenvalue weighted by molar-refractivity contribution is 0.504. The Kier molecular flexibility index (Phi) is 2.74. The van der Waals surface area contributed by atoms with Gasteiger partial charge in [0.2, 0.25) is 0 Å². The summed E-state index contributed by atoms with van der Waals surface area (Å²) in [6, 6.07) is 4.43. The molecule has 0 spiro atoms. The summed E-state index contributed by atoms with van der Waals surface area (Å²) in [6.45, 7) is 8.86. The molecule has 1 aliphatic heterocycles. The van der Waals surface area contributed by atoms with Crippen LogP contribution in [-0.2, 0) is 0 Å². The largest absolute Gasteiger partial charge is 0.382 e. The molecule has 1 aliphatic carbocycles. The Morgan fingerprint density at radius 2 is 2.00 bits per heavy atom. The lowest BCUT2D eigenvalue weighted by Crippen LogP contribution is -2.46. The van der Waals surface area contributed by atoms with E-state index in [4.69, 9.17) is 11.6 Å².